The topological polar surface area (TPSA) is 389 Å². The van der Waals surface area contributed by atoms with Crippen LogP contribution in [-0.2, 0) is 40.0 Å². The minimum atomic E-state index is -2.20. The van der Waals surface area contributed by atoms with Crippen LogP contribution in [0.4, 0.5) is 0 Å². The number of aliphatic imine (C=N–C) groups is 1. The quantitative estimate of drug-likeness (QED) is 0.0928. The molecule has 6 aliphatic heterocycles. The molecule has 6 aliphatic rings. The van der Waals surface area contributed by atoms with Crippen LogP contribution in [0.1, 0.15) is 75.6 Å². The third kappa shape index (κ3) is 12.8. The summed E-state index contributed by atoms with van der Waals surface area (Å²) in [6.07, 6.45) is -1.96. The van der Waals surface area contributed by atoms with Crippen molar-refractivity contribution in [3.63, 3.8) is 0 Å². The molecule has 474 valence electrons. The highest BCUT2D eigenvalue weighted by molar-refractivity contribution is 6.50. The van der Waals surface area contributed by atoms with E-state index in [2.05, 4.69) is 42.2 Å². The molecule has 0 aromatic heterocycles. The van der Waals surface area contributed by atoms with Crippen LogP contribution in [0.5, 0.6) is 69.0 Å². The van der Waals surface area contributed by atoms with E-state index in [1.54, 1.807) is 0 Å². The van der Waals surface area contributed by atoms with Gasteiger partial charge in [0.05, 0.1) is 10.0 Å². The Labute approximate surface area is 532 Å². The number of nitrogens with zero attached hydrogens (tertiary/aromatic N) is 2. The Hall–Kier alpha value is -10.6. The number of phenolic OH excluding ortho intramolecular Hbond substituents is 6. The van der Waals surface area contributed by atoms with Gasteiger partial charge in [0.15, 0.2) is 23.0 Å². The summed E-state index contributed by atoms with van der Waals surface area (Å²) in [5.41, 5.74) is -2.44. The van der Waals surface area contributed by atoms with E-state index >= 15 is 19.2 Å². The van der Waals surface area contributed by atoms with Crippen LogP contribution in [0.3, 0.4) is 0 Å². The van der Waals surface area contributed by atoms with Gasteiger partial charge < -0.3 is 92.1 Å². The molecule has 7 aromatic carbocycles. The van der Waals surface area contributed by atoms with Gasteiger partial charge in [-0.2, -0.15) is 0 Å². The van der Waals surface area contributed by atoms with Gasteiger partial charge in [-0.25, -0.2) is 4.99 Å². The summed E-state index contributed by atoms with van der Waals surface area (Å²) < 4.78 is 18.6. The molecule has 17 bridgehead atoms. The van der Waals surface area contributed by atoms with E-state index in [1.807, 2.05) is 19.0 Å². The highest BCUT2D eigenvalue weighted by Crippen LogP contribution is 2.48. The van der Waals surface area contributed by atoms with Crippen molar-refractivity contribution in [3.05, 3.63) is 164 Å². The van der Waals surface area contributed by atoms with Gasteiger partial charge in [-0.15, -0.1) is 0 Å². The van der Waals surface area contributed by atoms with E-state index in [9.17, 15) is 50.1 Å². The van der Waals surface area contributed by atoms with Crippen LogP contribution in [0, 0.1) is 0 Å². The van der Waals surface area contributed by atoms with E-state index in [4.69, 9.17) is 37.4 Å². The van der Waals surface area contributed by atoms with Crippen molar-refractivity contribution in [1.29, 1.82) is 0 Å². The fourth-order valence-corrected chi connectivity index (χ4v) is 11.4. The van der Waals surface area contributed by atoms with Crippen molar-refractivity contribution < 1.29 is 83.5 Å². The van der Waals surface area contributed by atoms with Crippen LogP contribution in [0.15, 0.2) is 120 Å². The molecule has 0 saturated carbocycles. The molecule has 0 aliphatic carbocycles. The van der Waals surface area contributed by atoms with Crippen molar-refractivity contribution in [2.75, 3.05) is 34.2 Å². The van der Waals surface area contributed by atoms with E-state index in [-0.39, 0.29) is 79.9 Å². The maximum absolute atomic E-state index is 15.9. The van der Waals surface area contributed by atoms with Gasteiger partial charge in [0, 0.05) is 41.8 Å². The molecular weight excluding hydrogens is 1240 g/mol. The molecular formula is C64H57Cl2N9O17. The molecule has 28 heteroatoms. The highest BCUT2D eigenvalue weighted by atomic mass is 35.5. The lowest BCUT2D eigenvalue weighted by Crippen LogP contribution is -2.55. The van der Waals surface area contributed by atoms with E-state index in [0.29, 0.717) is 18.5 Å². The molecule has 14 N–H and O–H groups in total. The monoisotopic (exact) mass is 1290 g/mol. The lowest BCUT2D eigenvalue weighted by atomic mass is 9.89. The standard InChI is InChI=1S/C64H57Cl2N9O17/c1-67-50-29-8-13-41(78)45(20-29)91-34-25-37(49(66)43(80)26-34)54-63(88)71-52-31-21-46(90-33-10-5-27(6-11-33)17-39(58(83)72-54)69-60(50)85)57(82)47(22-31)92-44-14-9-30(19-38(44)65)56(81)55-64(89)73-53(59(84)68-15-4-16-75(2)3)36-23-32(76)24-42(79)48(36)35-18-28(7-12-40(35)77)51(61(86)74-55)70-62(52)87/h5-14,18-26,39,50-53,55-56,67,76-82H,4,15-17H2,1-3H3,(H,68,84)(H,69,85)(H,70,87)(H,71,88)(H,73,89)(H,74,86)/t39-,50-,51-,52-,53+,55+,56-/m0/s1. The Balaban J connectivity index is 1.13. The van der Waals surface area contributed by atoms with Crippen LogP contribution in [-0.4, -0.2) is 134 Å². The van der Waals surface area contributed by atoms with Crippen molar-refractivity contribution in [3.8, 4) is 80.1 Å². The highest BCUT2D eigenvalue weighted by Gasteiger charge is 2.41. The van der Waals surface area contributed by atoms with Crippen LogP contribution >= 0.6 is 23.2 Å². The van der Waals surface area contributed by atoms with E-state index in [0.717, 1.165) is 48.5 Å². The summed E-state index contributed by atoms with van der Waals surface area (Å²) in [6, 6.07) is 12.2. The second kappa shape index (κ2) is 25.7. The Morgan fingerprint density at radius 2 is 1.29 bits per heavy atom. The summed E-state index contributed by atoms with van der Waals surface area (Å²) in [7, 11) is 5.09. The first kappa shape index (κ1) is 62.9. The average Bonchev–Trinajstić information content (AvgIpc) is 0.802. The minimum absolute atomic E-state index is 0.0424. The zero-order valence-corrected chi connectivity index (χ0v) is 50.2. The molecule has 7 atom stereocenters. The smallest absolute Gasteiger partial charge is 0.271 e. The number of hydrogen-bond acceptors (Lipinski definition) is 19. The maximum atomic E-state index is 15.9. The summed E-state index contributed by atoms with van der Waals surface area (Å²) in [5.74, 6) is -13.6. The van der Waals surface area contributed by atoms with Gasteiger partial charge in [-0.05, 0) is 140 Å². The number of aromatic hydroxyl groups is 6. The first-order chi connectivity index (χ1) is 43.9. The van der Waals surface area contributed by atoms with Crippen LogP contribution in [0.25, 0.3) is 11.1 Å². The number of halogens is 2. The lowest BCUT2D eigenvalue weighted by molar-refractivity contribution is -0.136. The van der Waals surface area contributed by atoms with Crippen molar-refractivity contribution in [2.45, 2.75) is 55.2 Å². The fourth-order valence-electron chi connectivity index (χ4n) is 11.0. The SMILES string of the molecule is CN[C@@H]1C(=O)N[C@H]2Cc3ccc(cc3)Oc3cc4cc(c3O)Oc3ccc(cc3Cl)[C@H](O)[C@H]3NC(=O)[C@@H](NC(=O)[C@H]4NC(=O)C(=NC2=O)c2cc(cc(O)c2Cl)Oc2cc1ccc2O)c1ccc(O)c(c1)-c1c(O)cc(O)cc1[C@H](C(=O)NCCCN(C)C)NC3=O. The number of amides is 7. The predicted octanol–water partition coefficient (Wildman–Crippen LogP) is 5.39. The second-order valence-corrected chi connectivity index (χ2v) is 23.0. The predicted molar refractivity (Wildman–Crippen MR) is 329 cm³/mol. The normalized spacial score (nSPS) is 20.5. The molecule has 13 rings (SSSR count). The van der Waals surface area contributed by atoms with E-state index in [1.165, 1.54) is 73.8 Å². The number of phenols is 6. The molecule has 0 unspecified atom stereocenters. The number of rotatable bonds is 6. The lowest BCUT2D eigenvalue weighted by Gasteiger charge is -2.31. The molecule has 92 heavy (non-hydrogen) atoms. The number of benzene rings is 7. The van der Waals surface area contributed by atoms with Crippen molar-refractivity contribution >= 4 is 70.3 Å². The van der Waals surface area contributed by atoms with E-state index < -0.39 is 146 Å². The number of aliphatic hydroxyl groups is 1. The van der Waals surface area contributed by atoms with Crippen molar-refractivity contribution in [1.82, 2.24) is 42.1 Å². The van der Waals surface area contributed by atoms with Gasteiger partial charge in [-0.3, -0.25) is 33.6 Å². The molecule has 0 spiro atoms. The molecule has 0 saturated heterocycles. The zero-order valence-electron chi connectivity index (χ0n) is 48.7. The van der Waals surface area contributed by atoms with Gasteiger partial charge in [-0.1, -0.05) is 53.5 Å². The third-order valence-corrected chi connectivity index (χ3v) is 16.3. The summed E-state index contributed by atoms with van der Waals surface area (Å²) in [6.45, 7) is 0.576. The van der Waals surface area contributed by atoms with Crippen LogP contribution in [0.2, 0.25) is 10.0 Å². The number of carbonyl (C=O) groups excluding carboxylic acids is 7. The number of nitrogens with one attached hydrogen (secondary N) is 7. The fraction of sp³-hybridized carbons (Fsp3) is 0.219. The number of ether oxygens (including phenoxy) is 3. The number of hydrogen-bond donors (Lipinski definition) is 14. The van der Waals surface area contributed by atoms with Gasteiger partial charge in [0.2, 0.25) is 35.3 Å². The minimum Gasteiger partial charge on any atom is -0.508 e. The Morgan fingerprint density at radius 1 is 0.620 bits per heavy atom. The van der Waals surface area contributed by atoms with Gasteiger partial charge >= 0.3 is 0 Å². The summed E-state index contributed by atoms with van der Waals surface area (Å²) >= 11 is 13.7. The van der Waals surface area contributed by atoms with Crippen molar-refractivity contribution in [2.24, 2.45) is 4.99 Å². The van der Waals surface area contributed by atoms with Gasteiger partial charge in [0.25, 0.3) is 11.8 Å². The molecule has 7 aromatic rings. The third-order valence-electron chi connectivity index (χ3n) is 15.6. The molecule has 7 amide bonds. The molecule has 26 nitrogen and oxygen atoms in total. The first-order valence-electron chi connectivity index (χ1n) is 28.4. The van der Waals surface area contributed by atoms with Crippen LogP contribution < -0.4 is 51.4 Å². The number of carbonyl (C=O) groups is 7. The molecule has 0 fully saturated rings. The zero-order chi connectivity index (χ0) is 65.6. The Morgan fingerprint density at radius 3 is 2.02 bits per heavy atom. The Kier molecular flexibility index (Phi) is 17.6. The summed E-state index contributed by atoms with van der Waals surface area (Å²) in [4.78, 5) is 112. The number of likely N-dealkylation sites (N-methyl/N-ethyl adjacent to an activating group) is 1. The average molecular weight is 1300 g/mol. The largest absolute Gasteiger partial charge is 0.508 e. The maximum Gasteiger partial charge on any atom is 0.271 e. The number of aliphatic hydroxyl groups excluding tert-OH is 1. The molecule has 6 heterocycles. The molecule has 0 radical (unpaired) electrons. The second-order valence-electron chi connectivity index (χ2n) is 22.2. The Bertz CT molecular complexity index is 4240. The summed E-state index contributed by atoms with van der Waals surface area (Å²) in [5, 5.41) is 99.0. The number of fused-ring (bicyclic) bond motifs is 14. The first-order valence-corrected chi connectivity index (χ1v) is 29.2. The van der Waals surface area contributed by atoms with Gasteiger partial charge in [0.1, 0.15) is 88.3 Å².